The Hall–Kier alpha value is -2.93. The predicted octanol–water partition coefficient (Wildman–Crippen LogP) is 3.71. The van der Waals surface area contributed by atoms with Crippen LogP contribution in [0.25, 0.3) is 22.6 Å². The van der Waals surface area contributed by atoms with E-state index in [2.05, 4.69) is 49.8 Å². The number of aryl methyl sites for hydroxylation is 1. The molecule has 0 bridgehead atoms. The van der Waals surface area contributed by atoms with Crippen LogP contribution in [0.2, 0.25) is 0 Å². The molecule has 0 saturated carbocycles. The van der Waals surface area contributed by atoms with E-state index in [-0.39, 0.29) is 0 Å². The average Bonchev–Trinajstić information content (AvgIpc) is 3.42. The topological polar surface area (TPSA) is 75.8 Å². The van der Waals surface area contributed by atoms with E-state index < -0.39 is 0 Å². The Labute approximate surface area is 169 Å². The van der Waals surface area contributed by atoms with Gasteiger partial charge in [0.25, 0.3) is 5.89 Å². The highest BCUT2D eigenvalue weighted by Crippen LogP contribution is 2.24. The number of rotatable bonds is 5. The maximum atomic E-state index is 5.96. The lowest BCUT2D eigenvalue weighted by molar-refractivity contribution is 0.153. The molecular weight excluding hydrogens is 364 g/mol. The molecule has 7 heteroatoms. The van der Waals surface area contributed by atoms with Crippen LogP contribution in [-0.2, 0) is 20.0 Å². The van der Waals surface area contributed by atoms with Crippen molar-refractivity contribution in [2.45, 2.75) is 32.7 Å². The second kappa shape index (κ2) is 7.48. The van der Waals surface area contributed by atoms with E-state index in [1.165, 1.54) is 18.5 Å². The molecule has 1 N–H and O–H groups in total. The van der Waals surface area contributed by atoms with Gasteiger partial charge in [-0.15, -0.1) is 10.2 Å². The monoisotopic (exact) mass is 390 g/mol. The van der Waals surface area contributed by atoms with Gasteiger partial charge in [0.05, 0.1) is 17.6 Å². The molecular formula is C22H26N6O. The fourth-order valence-corrected chi connectivity index (χ4v) is 4.28. The highest BCUT2D eigenvalue weighted by atomic mass is 16.4. The van der Waals surface area contributed by atoms with Crippen LogP contribution in [-0.4, -0.2) is 42.7 Å². The number of nitrogens with zero attached hydrogens (tertiary/aromatic N) is 5. The van der Waals surface area contributed by atoms with Crippen molar-refractivity contribution < 1.29 is 4.42 Å². The van der Waals surface area contributed by atoms with Gasteiger partial charge in [0.15, 0.2) is 0 Å². The zero-order valence-corrected chi connectivity index (χ0v) is 16.9. The van der Waals surface area contributed by atoms with Gasteiger partial charge in [-0.3, -0.25) is 4.90 Å². The van der Waals surface area contributed by atoms with E-state index >= 15 is 0 Å². The average molecular weight is 390 g/mol. The van der Waals surface area contributed by atoms with Crippen molar-refractivity contribution in [3.63, 3.8) is 0 Å². The molecule has 1 fully saturated rings. The van der Waals surface area contributed by atoms with Gasteiger partial charge in [0.1, 0.15) is 11.5 Å². The molecule has 1 saturated heterocycles. The number of benzene rings is 1. The first-order valence-electron chi connectivity index (χ1n) is 10.3. The van der Waals surface area contributed by atoms with Crippen molar-refractivity contribution >= 4 is 11.0 Å². The molecule has 7 nitrogen and oxygen atoms in total. The third-order valence-electron chi connectivity index (χ3n) is 5.94. The van der Waals surface area contributed by atoms with E-state index in [0.717, 1.165) is 42.1 Å². The summed E-state index contributed by atoms with van der Waals surface area (Å²) < 4.78 is 8.03. The fourth-order valence-electron chi connectivity index (χ4n) is 4.28. The first-order chi connectivity index (χ1) is 14.2. The summed E-state index contributed by atoms with van der Waals surface area (Å²) in [5.41, 5.74) is 4.29. The summed E-state index contributed by atoms with van der Waals surface area (Å²) in [6, 6.07) is 12.3. The maximum Gasteiger partial charge on any atom is 0.264 e. The molecule has 4 aromatic rings. The van der Waals surface area contributed by atoms with Crippen molar-refractivity contribution in [1.82, 2.24) is 29.6 Å². The molecule has 0 amide bonds. The highest BCUT2D eigenvalue weighted by molar-refractivity contribution is 5.74. The minimum Gasteiger partial charge on any atom is -0.418 e. The van der Waals surface area contributed by atoms with E-state index in [4.69, 9.17) is 9.40 Å². The number of hydrogen-bond acceptors (Lipinski definition) is 5. The highest BCUT2D eigenvalue weighted by Gasteiger charge is 2.23. The number of hydrogen-bond donors (Lipinski definition) is 1. The van der Waals surface area contributed by atoms with E-state index in [1.807, 2.05) is 25.2 Å². The summed E-state index contributed by atoms with van der Waals surface area (Å²) in [6.45, 7) is 4.86. The Balaban J connectivity index is 1.24. The lowest BCUT2D eigenvalue weighted by atomic mass is 9.94. The standard InChI is InChI=1S/C22H26N6O/c1-15-9-10-19(27(15)2)22-26-25-21(29-22)14-28-11-5-6-16(13-28)12-20-23-17-7-3-4-8-18(17)24-20/h3-4,7-10,16H,5-6,11-14H2,1-2H3,(H,23,24)/t16-/m0/s1. The number of piperidine rings is 1. The Morgan fingerprint density at radius 1 is 1.17 bits per heavy atom. The Morgan fingerprint density at radius 2 is 2.07 bits per heavy atom. The van der Waals surface area contributed by atoms with E-state index in [9.17, 15) is 0 Å². The van der Waals surface area contributed by atoms with Crippen LogP contribution in [0, 0.1) is 12.8 Å². The van der Waals surface area contributed by atoms with Gasteiger partial charge in [0, 0.05) is 25.7 Å². The molecule has 1 atom stereocenters. The van der Waals surface area contributed by atoms with Crippen molar-refractivity contribution in [2.75, 3.05) is 13.1 Å². The van der Waals surface area contributed by atoms with Crippen LogP contribution in [0.15, 0.2) is 40.8 Å². The van der Waals surface area contributed by atoms with Crippen molar-refractivity contribution in [1.29, 1.82) is 0 Å². The Kier molecular flexibility index (Phi) is 4.67. The molecule has 0 radical (unpaired) electrons. The zero-order valence-electron chi connectivity index (χ0n) is 16.9. The number of nitrogens with one attached hydrogen (secondary N) is 1. The van der Waals surface area contributed by atoms with Gasteiger partial charge in [-0.1, -0.05) is 12.1 Å². The number of H-pyrrole nitrogens is 1. The summed E-state index contributed by atoms with van der Waals surface area (Å²) >= 11 is 0. The minimum absolute atomic E-state index is 0.585. The van der Waals surface area contributed by atoms with Gasteiger partial charge < -0.3 is 14.0 Å². The summed E-state index contributed by atoms with van der Waals surface area (Å²) in [7, 11) is 2.02. The van der Waals surface area contributed by atoms with Gasteiger partial charge in [0.2, 0.25) is 5.89 Å². The molecule has 150 valence electrons. The lowest BCUT2D eigenvalue weighted by Crippen LogP contribution is -2.36. The van der Waals surface area contributed by atoms with Crippen molar-refractivity contribution in [3.8, 4) is 11.6 Å². The minimum atomic E-state index is 0.585. The molecule has 29 heavy (non-hydrogen) atoms. The first kappa shape index (κ1) is 18.1. The van der Waals surface area contributed by atoms with Crippen LogP contribution in [0.4, 0.5) is 0 Å². The summed E-state index contributed by atoms with van der Waals surface area (Å²) in [5, 5.41) is 8.54. The summed E-state index contributed by atoms with van der Waals surface area (Å²) in [6.07, 6.45) is 3.39. The largest absolute Gasteiger partial charge is 0.418 e. The first-order valence-corrected chi connectivity index (χ1v) is 10.3. The van der Waals surface area contributed by atoms with Crippen LogP contribution < -0.4 is 0 Å². The zero-order chi connectivity index (χ0) is 19.8. The molecule has 0 unspecified atom stereocenters. The SMILES string of the molecule is Cc1ccc(-c2nnc(CN3CCC[C@@H](Cc4nc5ccccc5[nH]4)C3)o2)n1C. The van der Waals surface area contributed by atoms with Crippen LogP contribution in [0.5, 0.6) is 0 Å². The van der Waals surface area contributed by atoms with Gasteiger partial charge in [-0.2, -0.15) is 0 Å². The van der Waals surface area contributed by atoms with Gasteiger partial charge >= 0.3 is 0 Å². The number of aromatic amines is 1. The second-order valence-corrected chi connectivity index (χ2v) is 8.07. The predicted molar refractivity (Wildman–Crippen MR) is 111 cm³/mol. The number of imidazole rings is 1. The normalized spacial score (nSPS) is 17.9. The number of para-hydroxylation sites is 2. The molecule has 0 spiro atoms. The summed E-state index contributed by atoms with van der Waals surface area (Å²) in [4.78, 5) is 10.6. The summed E-state index contributed by atoms with van der Waals surface area (Å²) in [5.74, 6) is 2.94. The third kappa shape index (κ3) is 3.70. The lowest BCUT2D eigenvalue weighted by Gasteiger charge is -2.31. The number of likely N-dealkylation sites (tertiary alicyclic amines) is 1. The van der Waals surface area contributed by atoms with E-state index in [1.54, 1.807) is 0 Å². The van der Waals surface area contributed by atoms with E-state index in [0.29, 0.717) is 24.2 Å². The second-order valence-electron chi connectivity index (χ2n) is 8.07. The molecule has 0 aliphatic carbocycles. The maximum absolute atomic E-state index is 5.96. The quantitative estimate of drug-likeness (QED) is 0.562. The van der Waals surface area contributed by atoms with Crippen LogP contribution >= 0.6 is 0 Å². The fraction of sp³-hybridized carbons (Fsp3) is 0.409. The van der Waals surface area contributed by atoms with Gasteiger partial charge in [-0.05, 0) is 56.5 Å². The molecule has 1 aliphatic heterocycles. The Bertz CT molecular complexity index is 1090. The molecule has 5 rings (SSSR count). The van der Waals surface area contributed by atoms with Gasteiger partial charge in [-0.25, -0.2) is 4.98 Å². The molecule has 4 heterocycles. The third-order valence-corrected chi connectivity index (χ3v) is 5.94. The number of aromatic nitrogens is 5. The molecule has 1 aromatic carbocycles. The molecule has 1 aliphatic rings. The molecule has 3 aromatic heterocycles. The van der Waals surface area contributed by atoms with Crippen LogP contribution in [0.1, 0.15) is 30.3 Å². The van der Waals surface area contributed by atoms with Crippen molar-refractivity contribution in [2.24, 2.45) is 13.0 Å². The number of fused-ring (bicyclic) bond motifs is 1. The van der Waals surface area contributed by atoms with Crippen LogP contribution in [0.3, 0.4) is 0 Å². The Morgan fingerprint density at radius 3 is 2.90 bits per heavy atom. The smallest absolute Gasteiger partial charge is 0.264 e. The van der Waals surface area contributed by atoms with Crippen molar-refractivity contribution in [3.05, 3.63) is 53.8 Å².